The zero-order valence-electron chi connectivity index (χ0n) is 7.68. The van der Waals surface area contributed by atoms with Crippen LogP contribution in [0, 0.1) is 6.92 Å². The van der Waals surface area contributed by atoms with Crippen LogP contribution in [-0.2, 0) is 0 Å². The minimum Gasteiger partial charge on any atom is -0.373 e. The van der Waals surface area contributed by atoms with E-state index >= 15 is 0 Å². The molecule has 0 fully saturated rings. The quantitative estimate of drug-likeness (QED) is 0.709. The predicted molar refractivity (Wildman–Crippen MR) is 50.5 cm³/mol. The topological polar surface area (TPSA) is 49.8 Å². The number of nitrogens with one attached hydrogen (secondary N) is 2. The zero-order chi connectivity index (χ0) is 8.97. The Bertz CT molecular complexity index is 259. The fraction of sp³-hybridized carbons (Fsp3) is 0.500. The Balaban J connectivity index is 2.97. The van der Waals surface area contributed by atoms with E-state index in [-0.39, 0.29) is 0 Å². The SMILES string of the molecule is CCNc1ncnc(NC)c1C. The summed E-state index contributed by atoms with van der Waals surface area (Å²) in [6, 6.07) is 0. The predicted octanol–water partition coefficient (Wildman–Crippen LogP) is 1.26. The van der Waals surface area contributed by atoms with E-state index in [0.29, 0.717) is 0 Å². The molecule has 0 bridgehead atoms. The lowest BCUT2D eigenvalue weighted by molar-refractivity contribution is 1.08. The highest BCUT2D eigenvalue weighted by atomic mass is 15.1. The van der Waals surface area contributed by atoms with Gasteiger partial charge in [-0.15, -0.1) is 0 Å². The molecule has 1 rings (SSSR count). The first-order chi connectivity index (χ1) is 5.79. The third kappa shape index (κ3) is 1.64. The Morgan fingerprint density at radius 3 is 2.58 bits per heavy atom. The van der Waals surface area contributed by atoms with Crippen LogP contribution < -0.4 is 10.6 Å². The normalized spacial score (nSPS) is 9.58. The summed E-state index contributed by atoms with van der Waals surface area (Å²) in [6.45, 7) is 4.91. The maximum Gasteiger partial charge on any atom is 0.134 e. The van der Waals surface area contributed by atoms with Gasteiger partial charge in [-0.1, -0.05) is 0 Å². The molecule has 2 N–H and O–H groups in total. The molecule has 0 saturated heterocycles. The van der Waals surface area contributed by atoms with E-state index in [1.807, 2.05) is 20.9 Å². The third-order valence-electron chi connectivity index (χ3n) is 1.67. The number of rotatable bonds is 3. The van der Waals surface area contributed by atoms with Gasteiger partial charge in [0, 0.05) is 19.2 Å². The molecular weight excluding hydrogens is 152 g/mol. The van der Waals surface area contributed by atoms with Gasteiger partial charge in [0.1, 0.15) is 18.0 Å². The summed E-state index contributed by atoms with van der Waals surface area (Å²) in [4.78, 5) is 8.19. The molecule has 0 saturated carbocycles. The van der Waals surface area contributed by atoms with E-state index < -0.39 is 0 Å². The van der Waals surface area contributed by atoms with Crippen molar-refractivity contribution < 1.29 is 0 Å². The van der Waals surface area contributed by atoms with Gasteiger partial charge in [-0.05, 0) is 13.8 Å². The van der Waals surface area contributed by atoms with E-state index in [1.165, 1.54) is 0 Å². The van der Waals surface area contributed by atoms with Crippen molar-refractivity contribution >= 4 is 11.6 Å². The average Bonchev–Trinajstić information content (AvgIpc) is 2.09. The van der Waals surface area contributed by atoms with Crippen molar-refractivity contribution in [3.05, 3.63) is 11.9 Å². The Kier molecular flexibility index (Phi) is 2.85. The Hall–Kier alpha value is -1.32. The third-order valence-corrected chi connectivity index (χ3v) is 1.67. The van der Waals surface area contributed by atoms with Gasteiger partial charge in [-0.2, -0.15) is 0 Å². The Morgan fingerprint density at radius 2 is 2.00 bits per heavy atom. The largest absolute Gasteiger partial charge is 0.373 e. The zero-order valence-corrected chi connectivity index (χ0v) is 7.68. The highest BCUT2D eigenvalue weighted by molar-refractivity contribution is 5.55. The highest BCUT2D eigenvalue weighted by Gasteiger charge is 2.02. The number of aromatic nitrogens is 2. The van der Waals surface area contributed by atoms with Crippen LogP contribution >= 0.6 is 0 Å². The van der Waals surface area contributed by atoms with Gasteiger partial charge in [0.25, 0.3) is 0 Å². The molecule has 1 heterocycles. The molecule has 0 radical (unpaired) electrons. The minimum atomic E-state index is 0.876. The van der Waals surface area contributed by atoms with Gasteiger partial charge in [0.15, 0.2) is 0 Å². The van der Waals surface area contributed by atoms with E-state index in [9.17, 15) is 0 Å². The first kappa shape index (κ1) is 8.77. The van der Waals surface area contributed by atoms with Gasteiger partial charge in [-0.3, -0.25) is 0 Å². The lowest BCUT2D eigenvalue weighted by Gasteiger charge is -2.08. The van der Waals surface area contributed by atoms with E-state index in [1.54, 1.807) is 6.33 Å². The molecule has 0 aliphatic rings. The van der Waals surface area contributed by atoms with Crippen LogP contribution in [0.25, 0.3) is 0 Å². The van der Waals surface area contributed by atoms with Crippen molar-refractivity contribution in [3.8, 4) is 0 Å². The summed E-state index contributed by atoms with van der Waals surface area (Å²) in [5.74, 6) is 1.78. The standard InChI is InChI=1S/C8H14N4/c1-4-10-8-6(2)7(9-3)11-5-12-8/h5H,4H2,1-3H3,(H2,9,10,11,12). The van der Waals surface area contributed by atoms with Crippen molar-refractivity contribution in [1.82, 2.24) is 9.97 Å². The summed E-state index contributed by atoms with van der Waals surface area (Å²) >= 11 is 0. The molecule has 1 aromatic heterocycles. The highest BCUT2D eigenvalue weighted by Crippen LogP contribution is 2.16. The lowest BCUT2D eigenvalue weighted by atomic mass is 10.3. The fourth-order valence-electron chi connectivity index (χ4n) is 1.05. The molecule has 4 nitrogen and oxygen atoms in total. The second-order valence-corrected chi connectivity index (χ2v) is 2.48. The fourth-order valence-corrected chi connectivity index (χ4v) is 1.05. The van der Waals surface area contributed by atoms with Crippen LogP contribution in [0.3, 0.4) is 0 Å². The second kappa shape index (κ2) is 3.90. The van der Waals surface area contributed by atoms with Crippen LogP contribution in [0.1, 0.15) is 12.5 Å². The first-order valence-electron chi connectivity index (χ1n) is 4.02. The monoisotopic (exact) mass is 166 g/mol. The molecule has 0 amide bonds. The molecule has 0 aromatic carbocycles. The second-order valence-electron chi connectivity index (χ2n) is 2.48. The van der Waals surface area contributed by atoms with Crippen LogP contribution in [0.2, 0.25) is 0 Å². The molecule has 0 atom stereocenters. The molecule has 4 heteroatoms. The summed E-state index contributed by atoms with van der Waals surface area (Å²) in [5, 5.41) is 6.16. The molecule has 0 aliphatic heterocycles. The van der Waals surface area contributed by atoms with E-state index in [4.69, 9.17) is 0 Å². The van der Waals surface area contributed by atoms with Crippen molar-refractivity contribution in [1.29, 1.82) is 0 Å². The first-order valence-corrected chi connectivity index (χ1v) is 4.02. The van der Waals surface area contributed by atoms with Gasteiger partial charge in [0.05, 0.1) is 0 Å². The molecular formula is C8H14N4. The maximum absolute atomic E-state index is 4.11. The Morgan fingerprint density at radius 1 is 1.33 bits per heavy atom. The smallest absolute Gasteiger partial charge is 0.134 e. The average molecular weight is 166 g/mol. The molecule has 66 valence electrons. The summed E-state index contributed by atoms with van der Waals surface area (Å²) in [6.07, 6.45) is 1.55. The van der Waals surface area contributed by atoms with E-state index in [2.05, 4.69) is 20.6 Å². The van der Waals surface area contributed by atoms with Gasteiger partial charge >= 0.3 is 0 Å². The van der Waals surface area contributed by atoms with Gasteiger partial charge in [0.2, 0.25) is 0 Å². The molecule has 1 aromatic rings. The van der Waals surface area contributed by atoms with Crippen LogP contribution in [-0.4, -0.2) is 23.6 Å². The molecule has 0 unspecified atom stereocenters. The Labute approximate surface area is 72.4 Å². The summed E-state index contributed by atoms with van der Waals surface area (Å²) < 4.78 is 0. The number of nitrogens with zero attached hydrogens (tertiary/aromatic N) is 2. The van der Waals surface area contributed by atoms with Gasteiger partial charge in [-0.25, -0.2) is 9.97 Å². The summed E-state index contributed by atoms with van der Waals surface area (Å²) in [5.41, 5.74) is 1.06. The minimum absolute atomic E-state index is 0.876. The number of hydrogen-bond donors (Lipinski definition) is 2. The van der Waals surface area contributed by atoms with Crippen LogP contribution in [0.5, 0.6) is 0 Å². The van der Waals surface area contributed by atoms with Crippen molar-refractivity contribution in [2.75, 3.05) is 24.2 Å². The van der Waals surface area contributed by atoms with Gasteiger partial charge < -0.3 is 10.6 Å². The van der Waals surface area contributed by atoms with Crippen LogP contribution in [0.15, 0.2) is 6.33 Å². The van der Waals surface area contributed by atoms with E-state index in [0.717, 1.165) is 23.7 Å². The number of hydrogen-bond acceptors (Lipinski definition) is 4. The van der Waals surface area contributed by atoms with Crippen molar-refractivity contribution in [3.63, 3.8) is 0 Å². The van der Waals surface area contributed by atoms with Crippen molar-refractivity contribution in [2.45, 2.75) is 13.8 Å². The summed E-state index contributed by atoms with van der Waals surface area (Å²) in [7, 11) is 1.85. The van der Waals surface area contributed by atoms with Crippen LogP contribution in [0.4, 0.5) is 11.6 Å². The molecule has 12 heavy (non-hydrogen) atoms. The maximum atomic E-state index is 4.11. The molecule has 0 aliphatic carbocycles. The number of anilines is 2. The molecule has 0 spiro atoms. The van der Waals surface area contributed by atoms with Crippen molar-refractivity contribution in [2.24, 2.45) is 0 Å². The lowest BCUT2D eigenvalue weighted by Crippen LogP contribution is -2.05.